The van der Waals surface area contributed by atoms with Crippen LogP contribution in [0.25, 0.3) is 0 Å². The lowest BCUT2D eigenvalue weighted by Gasteiger charge is -2.38. The molecular weight excluding hydrogens is 378 g/mol. The molecule has 136 valence electrons. The number of aryl methyl sites for hydroxylation is 1. The molecule has 3 rings (SSSR count). The topological polar surface area (TPSA) is 36.9 Å². The number of nitrogens with one attached hydrogen (secondary N) is 1. The second kappa shape index (κ2) is 8.97. The van der Waals surface area contributed by atoms with Crippen molar-refractivity contribution < 1.29 is 4.74 Å². The van der Waals surface area contributed by atoms with Gasteiger partial charge in [-0.2, -0.15) is 0 Å². The maximum Gasteiger partial charge on any atom is 0.132 e. The molecule has 0 unspecified atom stereocenters. The van der Waals surface area contributed by atoms with Crippen molar-refractivity contribution in [1.82, 2.24) is 10.2 Å². The fraction of sp³-hybridized carbons (Fsp3) is 0.550. The lowest BCUT2D eigenvalue weighted by Crippen LogP contribution is -2.45. The molecule has 0 atom stereocenters. The summed E-state index contributed by atoms with van der Waals surface area (Å²) in [5.41, 5.74) is 2.36. The van der Waals surface area contributed by atoms with Crippen LogP contribution in [0.3, 0.4) is 0 Å². The molecule has 2 fully saturated rings. The van der Waals surface area contributed by atoms with Crippen LogP contribution in [0.1, 0.15) is 36.8 Å². The van der Waals surface area contributed by atoms with Crippen LogP contribution in [-0.2, 0) is 4.74 Å². The maximum absolute atomic E-state index is 5.48. The van der Waals surface area contributed by atoms with Gasteiger partial charge in [0.05, 0.1) is 19.3 Å². The van der Waals surface area contributed by atoms with Gasteiger partial charge in [0.1, 0.15) is 5.84 Å². The number of amidine groups is 1. The summed E-state index contributed by atoms with van der Waals surface area (Å²) in [7, 11) is 0. The minimum absolute atomic E-state index is 0.387. The van der Waals surface area contributed by atoms with Crippen molar-refractivity contribution in [3.63, 3.8) is 0 Å². The molecule has 0 radical (unpaired) electrons. The number of benzene rings is 1. The summed E-state index contributed by atoms with van der Waals surface area (Å²) in [4.78, 5) is 7.65. The lowest BCUT2D eigenvalue weighted by molar-refractivity contribution is 0.00754. The summed E-state index contributed by atoms with van der Waals surface area (Å²) in [5, 5.41) is 3.25. The van der Waals surface area contributed by atoms with Crippen molar-refractivity contribution in [2.75, 3.05) is 26.3 Å². The van der Waals surface area contributed by atoms with Gasteiger partial charge >= 0.3 is 0 Å². The summed E-state index contributed by atoms with van der Waals surface area (Å²) >= 11 is 3.57. The van der Waals surface area contributed by atoms with Crippen molar-refractivity contribution in [2.24, 2.45) is 4.99 Å². The van der Waals surface area contributed by atoms with Gasteiger partial charge in [-0.05, 0) is 56.5 Å². The van der Waals surface area contributed by atoms with Gasteiger partial charge in [0, 0.05) is 29.2 Å². The predicted molar refractivity (Wildman–Crippen MR) is 107 cm³/mol. The number of hydrogen-bond donors (Lipinski definition) is 1. The Morgan fingerprint density at radius 2 is 2.00 bits per heavy atom. The Kier molecular flexibility index (Phi) is 6.68. The van der Waals surface area contributed by atoms with E-state index in [9.17, 15) is 0 Å². The molecule has 1 aliphatic carbocycles. The van der Waals surface area contributed by atoms with Crippen LogP contribution in [0.2, 0.25) is 0 Å². The molecule has 1 saturated heterocycles. The maximum atomic E-state index is 5.48. The molecule has 0 bridgehead atoms. The number of morpholine rings is 1. The highest BCUT2D eigenvalue weighted by atomic mass is 79.9. The molecule has 0 aromatic heterocycles. The Morgan fingerprint density at radius 3 is 2.68 bits per heavy atom. The number of nitrogens with zero attached hydrogens (tertiary/aromatic N) is 2. The zero-order valence-corrected chi connectivity index (χ0v) is 16.6. The van der Waals surface area contributed by atoms with E-state index in [-0.39, 0.29) is 0 Å². The van der Waals surface area contributed by atoms with Gasteiger partial charge < -0.3 is 10.1 Å². The van der Waals surface area contributed by atoms with Crippen LogP contribution in [0.5, 0.6) is 0 Å². The number of ether oxygens (including phenoxy) is 1. The Hall–Kier alpha value is -1.17. The highest BCUT2D eigenvalue weighted by molar-refractivity contribution is 9.10. The molecule has 1 aliphatic heterocycles. The van der Waals surface area contributed by atoms with Gasteiger partial charge in [-0.1, -0.05) is 28.6 Å². The normalized spacial score (nSPS) is 25.6. The third-order valence-corrected chi connectivity index (χ3v) is 5.73. The molecular formula is C20H28BrN3O. The average Bonchev–Trinajstić information content (AvgIpc) is 2.65. The van der Waals surface area contributed by atoms with Gasteiger partial charge in [-0.15, -0.1) is 0 Å². The number of hydrogen-bond acceptors (Lipinski definition) is 3. The van der Waals surface area contributed by atoms with E-state index in [1.165, 1.54) is 18.4 Å². The zero-order valence-electron chi connectivity index (χ0n) is 15.0. The molecule has 2 aliphatic rings. The standard InChI is InChI=1S/C20H28BrN3O/c1-3-22-20(19-14-16(21)5-4-15(19)2)23-17-6-8-18(9-7-17)24-10-12-25-13-11-24/h3-5,14,17-18H,1,6-13H2,2H3,(H,22,23). The summed E-state index contributed by atoms with van der Waals surface area (Å²) in [5.74, 6) is 0.934. The Bertz CT molecular complexity index is 617. The lowest BCUT2D eigenvalue weighted by atomic mass is 9.90. The Labute approximate surface area is 159 Å². The monoisotopic (exact) mass is 405 g/mol. The van der Waals surface area contributed by atoms with E-state index >= 15 is 0 Å². The molecule has 1 aromatic carbocycles. The number of halogens is 1. The molecule has 0 amide bonds. The highest BCUT2D eigenvalue weighted by Crippen LogP contribution is 2.26. The summed E-state index contributed by atoms with van der Waals surface area (Å²) in [6.07, 6.45) is 6.48. The second-order valence-electron chi connectivity index (χ2n) is 6.90. The van der Waals surface area contributed by atoms with Crippen LogP contribution in [0, 0.1) is 6.92 Å². The van der Waals surface area contributed by atoms with E-state index < -0.39 is 0 Å². The molecule has 4 nitrogen and oxygen atoms in total. The summed E-state index contributed by atoms with van der Waals surface area (Å²) in [6.45, 7) is 9.87. The van der Waals surface area contributed by atoms with Crippen molar-refractivity contribution in [3.05, 3.63) is 46.6 Å². The van der Waals surface area contributed by atoms with Crippen molar-refractivity contribution in [3.8, 4) is 0 Å². The second-order valence-corrected chi connectivity index (χ2v) is 7.81. The van der Waals surface area contributed by atoms with Gasteiger partial charge in [0.25, 0.3) is 0 Å². The summed E-state index contributed by atoms with van der Waals surface area (Å²) in [6, 6.07) is 7.41. The first-order valence-electron chi connectivity index (χ1n) is 9.21. The molecule has 1 heterocycles. The molecule has 1 N–H and O–H groups in total. The minimum atomic E-state index is 0.387. The first kappa shape index (κ1) is 18.6. The van der Waals surface area contributed by atoms with Crippen LogP contribution in [-0.4, -0.2) is 49.1 Å². The molecule has 1 saturated carbocycles. The first-order valence-corrected chi connectivity index (χ1v) is 10.00. The van der Waals surface area contributed by atoms with Gasteiger partial charge in [0.15, 0.2) is 0 Å². The minimum Gasteiger partial charge on any atom is -0.379 e. The van der Waals surface area contributed by atoms with E-state index in [1.54, 1.807) is 6.20 Å². The zero-order chi connectivity index (χ0) is 17.6. The fourth-order valence-corrected chi connectivity index (χ4v) is 4.17. The van der Waals surface area contributed by atoms with Crippen molar-refractivity contribution in [1.29, 1.82) is 0 Å². The Morgan fingerprint density at radius 1 is 1.28 bits per heavy atom. The van der Waals surface area contributed by atoms with Crippen LogP contribution in [0.15, 0.2) is 40.4 Å². The molecule has 1 aromatic rings. The average molecular weight is 406 g/mol. The predicted octanol–water partition coefficient (Wildman–Crippen LogP) is 3.88. The Balaban J connectivity index is 1.67. The SMILES string of the molecule is C=CNC(=NC1CCC(N2CCOCC2)CC1)c1cc(Br)ccc1C. The first-order chi connectivity index (χ1) is 12.2. The van der Waals surface area contributed by atoms with Crippen LogP contribution >= 0.6 is 15.9 Å². The number of rotatable bonds is 4. The molecule has 25 heavy (non-hydrogen) atoms. The van der Waals surface area contributed by atoms with Crippen LogP contribution < -0.4 is 5.32 Å². The van der Waals surface area contributed by atoms with Crippen LogP contribution in [0.4, 0.5) is 0 Å². The smallest absolute Gasteiger partial charge is 0.132 e. The molecule has 5 heteroatoms. The van der Waals surface area contributed by atoms with Gasteiger partial charge in [-0.25, -0.2) is 0 Å². The third kappa shape index (κ3) is 4.93. The van der Waals surface area contributed by atoms with Crippen molar-refractivity contribution >= 4 is 21.8 Å². The van der Waals surface area contributed by atoms with E-state index in [0.717, 1.165) is 55.0 Å². The largest absolute Gasteiger partial charge is 0.379 e. The van der Waals surface area contributed by atoms with Gasteiger partial charge in [0.2, 0.25) is 0 Å². The molecule has 0 spiro atoms. The van der Waals surface area contributed by atoms with Gasteiger partial charge in [-0.3, -0.25) is 9.89 Å². The number of aliphatic imine (C=N–C) groups is 1. The van der Waals surface area contributed by atoms with E-state index in [0.29, 0.717) is 12.1 Å². The fourth-order valence-electron chi connectivity index (χ4n) is 3.81. The highest BCUT2D eigenvalue weighted by Gasteiger charge is 2.27. The van der Waals surface area contributed by atoms with E-state index in [2.05, 4.69) is 57.8 Å². The third-order valence-electron chi connectivity index (χ3n) is 5.23. The quantitative estimate of drug-likeness (QED) is 0.609. The van der Waals surface area contributed by atoms with E-state index in [4.69, 9.17) is 9.73 Å². The summed E-state index contributed by atoms with van der Waals surface area (Å²) < 4.78 is 6.55. The van der Waals surface area contributed by atoms with E-state index in [1.807, 2.05) is 0 Å². The van der Waals surface area contributed by atoms with Crippen molar-refractivity contribution in [2.45, 2.75) is 44.7 Å².